The maximum Gasteiger partial charge on any atom is 0.339 e. The van der Waals surface area contributed by atoms with Gasteiger partial charge in [0.2, 0.25) is 5.95 Å². The standard InChI is InChI=1S/C14H19N3O4/c1-4-21-13(20)10-6-5-7-17(10)14-15-8(2)11(12(18)19)9(3)16-14/h10H,4-7H2,1-3H3,(H,18,19). The average molecular weight is 293 g/mol. The highest BCUT2D eigenvalue weighted by atomic mass is 16.5. The lowest BCUT2D eigenvalue weighted by Gasteiger charge is -2.23. The summed E-state index contributed by atoms with van der Waals surface area (Å²) in [6.07, 6.45) is 1.55. The highest BCUT2D eigenvalue weighted by molar-refractivity contribution is 5.90. The van der Waals surface area contributed by atoms with E-state index in [9.17, 15) is 9.59 Å². The molecule has 7 heteroatoms. The number of aromatic carboxylic acids is 1. The van der Waals surface area contributed by atoms with Crippen LogP contribution in [0.3, 0.4) is 0 Å². The zero-order valence-corrected chi connectivity index (χ0v) is 12.4. The number of aryl methyl sites for hydroxylation is 2. The van der Waals surface area contributed by atoms with E-state index in [2.05, 4.69) is 9.97 Å². The van der Waals surface area contributed by atoms with Gasteiger partial charge in [0.05, 0.1) is 18.0 Å². The number of carboxylic acid groups (broad SMARTS) is 1. The lowest BCUT2D eigenvalue weighted by atomic mass is 10.2. The summed E-state index contributed by atoms with van der Waals surface area (Å²) in [5, 5.41) is 9.15. The number of aromatic nitrogens is 2. The number of carbonyl (C=O) groups excluding carboxylic acids is 1. The Morgan fingerprint density at radius 1 is 1.33 bits per heavy atom. The van der Waals surface area contributed by atoms with E-state index in [1.54, 1.807) is 25.7 Å². The fourth-order valence-corrected chi connectivity index (χ4v) is 2.63. The van der Waals surface area contributed by atoms with E-state index in [1.807, 2.05) is 0 Å². The molecule has 1 atom stereocenters. The quantitative estimate of drug-likeness (QED) is 0.837. The predicted octanol–water partition coefficient (Wildman–Crippen LogP) is 1.32. The molecule has 7 nitrogen and oxygen atoms in total. The van der Waals surface area contributed by atoms with Crippen molar-refractivity contribution in [1.29, 1.82) is 0 Å². The summed E-state index contributed by atoms with van der Waals surface area (Å²) in [4.78, 5) is 33.4. The van der Waals surface area contributed by atoms with E-state index in [0.717, 1.165) is 6.42 Å². The smallest absolute Gasteiger partial charge is 0.339 e. The van der Waals surface area contributed by atoms with Crippen LogP contribution in [0.4, 0.5) is 5.95 Å². The molecule has 1 fully saturated rings. The normalized spacial score (nSPS) is 17.9. The molecule has 0 spiro atoms. The number of carbonyl (C=O) groups is 2. The van der Waals surface area contributed by atoms with Crippen LogP contribution in [0, 0.1) is 13.8 Å². The molecule has 0 saturated carbocycles. The number of anilines is 1. The van der Waals surface area contributed by atoms with Crippen LogP contribution in [-0.2, 0) is 9.53 Å². The van der Waals surface area contributed by atoms with E-state index < -0.39 is 5.97 Å². The molecule has 1 unspecified atom stereocenters. The van der Waals surface area contributed by atoms with E-state index in [1.165, 1.54) is 0 Å². The molecule has 1 saturated heterocycles. The van der Waals surface area contributed by atoms with E-state index in [4.69, 9.17) is 9.84 Å². The minimum absolute atomic E-state index is 0.116. The molecule has 114 valence electrons. The Hall–Kier alpha value is -2.18. The second-order valence-electron chi connectivity index (χ2n) is 4.98. The predicted molar refractivity (Wildman–Crippen MR) is 75.5 cm³/mol. The number of esters is 1. The monoisotopic (exact) mass is 293 g/mol. The Bertz CT molecular complexity index is 550. The number of ether oxygens (including phenoxy) is 1. The van der Waals surface area contributed by atoms with Crippen LogP contribution in [-0.4, -0.2) is 46.2 Å². The maximum absolute atomic E-state index is 12.0. The molecular weight excluding hydrogens is 274 g/mol. The molecule has 1 aromatic rings. The van der Waals surface area contributed by atoms with Crippen molar-refractivity contribution >= 4 is 17.9 Å². The zero-order valence-electron chi connectivity index (χ0n) is 12.4. The summed E-state index contributed by atoms with van der Waals surface area (Å²) < 4.78 is 5.07. The first-order valence-electron chi connectivity index (χ1n) is 6.97. The number of hydrogen-bond acceptors (Lipinski definition) is 6. The van der Waals surface area contributed by atoms with Gasteiger partial charge in [0.25, 0.3) is 0 Å². The van der Waals surface area contributed by atoms with Gasteiger partial charge < -0.3 is 14.7 Å². The molecule has 1 aromatic heterocycles. The van der Waals surface area contributed by atoms with Crippen LogP contribution in [0.25, 0.3) is 0 Å². The Balaban J connectivity index is 2.33. The van der Waals surface area contributed by atoms with Crippen LogP contribution in [0.5, 0.6) is 0 Å². The van der Waals surface area contributed by atoms with Crippen molar-refractivity contribution in [2.75, 3.05) is 18.1 Å². The van der Waals surface area contributed by atoms with Gasteiger partial charge in [-0.1, -0.05) is 0 Å². The molecule has 2 rings (SSSR count). The Morgan fingerprint density at radius 3 is 2.48 bits per heavy atom. The molecular formula is C14H19N3O4. The highest BCUT2D eigenvalue weighted by Crippen LogP contribution is 2.25. The minimum atomic E-state index is -1.04. The van der Waals surface area contributed by atoms with Crippen molar-refractivity contribution in [2.24, 2.45) is 0 Å². The summed E-state index contributed by atoms with van der Waals surface area (Å²) in [7, 11) is 0. The Morgan fingerprint density at radius 2 is 1.95 bits per heavy atom. The number of rotatable bonds is 4. The summed E-state index contributed by atoms with van der Waals surface area (Å²) in [6.45, 7) is 6.03. The highest BCUT2D eigenvalue weighted by Gasteiger charge is 2.34. The van der Waals surface area contributed by atoms with Gasteiger partial charge in [-0.25, -0.2) is 19.6 Å². The second-order valence-corrected chi connectivity index (χ2v) is 4.98. The molecule has 0 amide bonds. The van der Waals surface area contributed by atoms with Gasteiger partial charge >= 0.3 is 11.9 Å². The SMILES string of the molecule is CCOC(=O)C1CCCN1c1nc(C)c(C(=O)O)c(C)n1. The molecule has 1 N–H and O–H groups in total. The first-order valence-corrected chi connectivity index (χ1v) is 6.97. The van der Waals surface area contributed by atoms with Crippen LogP contribution in [0.1, 0.15) is 41.5 Å². The van der Waals surface area contributed by atoms with Crippen LogP contribution >= 0.6 is 0 Å². The van der Waals surface area contributed by atoms with Gasteiger partial charge in [-0.3, -0.25) is 0 Å². The number of nitrogens with zero attached hydrogens (tertiary/aromatic N) is 3. The zero-order chi connectivity index (χ0) is 15.6. The topological polar surface area (TPSA) is 92.6 Å². The molecule has 0 aromatic carbocycles. The largest absolute Gasteiger partial charge is 0.478 e. The summed E-state index contributed by atoms with van der Waals surface area (Å²) in [6, 6.07) is -0.389. The summed E-state index contributed by atoms with van der Waals surface area (Å²) >= 11 is 0. The molecule has 0 radical (unpaired) electrons. The van der Waals surface area contributed by atoms with Crippen molar-refractivity contribution in [3.8, 4) is 0 Å². The molecule has 0 aliphatic carbocycles. The number of carboxylic acids is 1. The van der Waals surface area contributed by atoms with Crippen molar-refractivity contribution in [2.45, 2.75) is 39.7 Å². The molecule has 1 aliphatic heterocycles. The Labute approximate surface area is 123 Å². The lowest BCUT2D eigenvalue weighted by Crippen LogP contribution is -2.38. The van der Waals surface area contributed by atoms with Gasteiger partial charge in [-0.05, 0) is 33.6 Å². The molecule has 21 heavy (non-hydrogen) atoms. The van der Waals surface area contributed by atoms with E-state index >= 15 is 0 Å². The van der Waals surface area contributed by atoms with Gasteiger partial charge in [0.1, 0.15) is 11.6 Å². The molecule has 2 heterocycles. The number of hydrogen-bond donors (Lipinski definition) is 1. The van der Waals surface area contributed by atoms with Crippen LogP contribution in [0.15, 0.2) is 0 Å². The van der Waals surface area contributed by atoms with Crippen molar-refractivity contribution in [1.82, 2.24) is 9.97 Å². The maximum atomic E-state index is 12.0. The van der Waals surface area contributed by atoms with Crippen LogP contribution in [0.2, 0.25) is 0 Å². The minimum Gasteiger partial charge on any atom is -0.478 e. The average Bonchev–Trinajstić information content (AvgIpc) is 2.86. The fourth-order valence-electron chi connectivity index (χ4n) is 2.63. The van der Waals surface area contributed by atoms with E-state index in [0.29, 0.717) is 36.9 Å². The van der Waals surface area contributed by atoms with E-state index in [-0.39, 0.29) is 17.6 Å². The van der Waals surface area contributed by atoms with Crippen molar-refractivity contribution in [3.05, 3.63) is 17.0 Å². The first kappa shape index (κ1) is 15.2. The fraction of sp³-hybridized carbons (Fsp3) is 0.571. The van der Waals surface area contributed by atoms with Gasteiger partial charge in [-0.15, -0.1) is 0 Å². The molecule has 0 bridgehead atoms. The third-order valence-corrected chi connectivity index (χ3v) is 3.54. The summed E-state index contributed by atoms with van der Waals surface area (Å²) in [5.74, 6) is -0.929. The van der Waals surface area contributed by atoms with Crippen molar-refractivity contribution < 1.29 is 19.4 Å². The van der Waals surface area contributed by atoms with Crippen molar-refractivity contribution in [3.63, 3.8) is 0 Å². The third kappa shape index (κ3) is 2.96. The lowest BCUT2D eigenvalue weighted by molar-refractivity contribution is -0.144. The third-order valence-electron chi connectivity index (χ3n) is 3.54. The van der Waals surface area contributed by atoms with Gasteiger partial charge in [-0.2, -0.15) is 0 Å². The first-order chi connectivity index (χ1) is 9.95. The van der Waals surface area contributed by atoms with Gasteiger partial charge in [0.15, 0.2) is 0 Å². The summed E-state index contributed by atoms with van der Waals surface area (Å²) in [5.41, 5.74) is 0.921. The Kier molecular flexibility index (Phi) is 4.40. The van der Waals surface area contributed by atoms with Gasteiger partial charge in [0, 0.05) is 6.54 Å². The second kappa shape index (κ2) is 6.07. The molecule has 1 aliphatic rings. The van der Waals surface area contributed by atoms with Crippen LogP contribution < -0.4 is 4.90 Å².